The molecule has 1 heterocycles. The summed E-state index contributed by atoms with van der Waals surface area (Å²) in [5, 5.41) is 7.68. The maximum absolute atomic E-state index is 11.9. The number of H-pyrrole nitrogens is 1. The number of hydrogen-bond donors (Lipinski definition) is 3. The number of carbonyl (C=O) groups excluding carboxylic acids is 1. The first-order valence-corrected chi connectivity index (χ1v) is 7.88. The van der Waals surface area contributed by atoms with Crippen LogP contribution in [0.25, 0.3) is 0 Å². The summed E-state index contributed by atoms with van der Waals surface area (Å²) in [5.41, 5.74) is 1.06. The highest BCUT2D eigenvalue weighted by atomic mass is 35.5. The lowest BCUT2D eigenvalue weighted by Crippen LogP contribution is -2.26. The van der Waals surface area contributed by atoms with Crippen molar-refractivity contribution in [3.8, 4) is 0 Å². The molecule has 112 valence electrons. The highest BCUT2D eigenvalue weighted by Gasteiger charge is 2.16. The van der Waals surface area contributed by atoms with Crippen LogP contribution in [-0.4, -0.2) is 30.8 Å². The number of nitrogens with one attached hydrogen (secondary N) is 2. The van der Waals surface area contributed by atoms with Crippen molar-refractivity contribution in [3.05, 3.63) is 47.0 Å². The number of imidazole rings is 1. The van der Waals surface area contributed by atoms with E-state index in [1.165, 1.54) is 12.1 Å². The van der Waals surface area contributed by atoms with Gasteiger partial charge in [0.25, 0.3) is 5.91 Å². The lowest BCUT2D eigenvalue weighted by atomic mass is 10.2. The molecule has 7 nitrogen and oxygen atoms in total. The van der Waals surface area contributed by atoms with Crippen LogP contribution in [0.3, 0.4) is 0 Å². The van der Waals surface area contributed by atoms with Crippen LogP contribution in [0.2, 0.25) is 5.02 Å². The average molecular weight is 329 g/mol. The van der Waals surface area contributed by atoms with Gasteiger partial charge in [-0.3, -0.25) is 4.79 Å². The molecular formula is C12H13ClN4O3S. The first kappa shape index (κ1) is 15.5. The lowest BCUT2D eigenvalue weighted by Gasteiger charge is -2.07. The number of rotatable bonds is 5. The summed E-state index contributed by atoms with van der Waals surface area (Å²) in [6.45, 7) is 0.383. The fourth-order valence-electron chi connectivity index (χ4n) is 1.70. The molecule has 4 N–H and O–H groups in total. The van der Waals surface area contributed by atoms with E-state index in [2.05, 4.69) is 15.3 Å². The summed E-state index contributed by atoms with van der Waals surface area (Å²) in [5.74, 6) is -0.406. The van der Waals surface area contributed by atoms with E-state index in [1.807, 2.05) is 0 Å². The van der Waals surface area contributed by atoms with Crippen molar-refractivity contribution in [3.63, 3.8) is 0 Å². The van der Waals surface area contributed by atoms with Crippen LogP contribution in [-0.2, 0) is 16.4 Å². The van der Waals surface area contributed by atoms with Crippen LogP contribution in [0.15, 0.2) is 35.6 Å². The molecule has 0 radical (unpaired) electrons. The van der Waals surface area contributed by atoms with E-state index in [0.717, 1.165) is 11.8 Å². The SMILES string of the molecule is NS(=O)(=O)c1cc(C(=O)NCCc2cnc[nH]2)ccc1Cl. The number of hydrogen-bond acceptors (Lipinski definition) is 4. The van der Waals surface area contributed by atoms with Gasteiger partial charge in [-0.1, -0.05) is 11.6 Å². The lowest BCUT2D eigenvalue weighted by molar-refractivity contribution is 0.0954. The van der Waals surface area contributed by atoms with Gasteiger partial charge >= 0.3 is 0 Å². The second-order valence-corrected chi connectivity index (χ2v) is 6.21. The molecule has 0 bridgehead atoms. The Hall–Kier alpha value is -1.90. The summed E-state index contributed by atoms with van der Waals surface area (Å²) >= 11 is 5.76. The van der Waals surface area contributed by atoms with Crippen LogP contribution in [0, 0.1) is 0 Å². The smallest absolute Gasteiger partial charge is 0.251 e. The van der Waals surface area contributed by atoms with Gasteiger partial charge in [0.2, 0.25) is 10.0 Å². The molecule has 9 heteroatoms. The van der Waals surface area contributed by atoms with Gasteiger partial charge in [0, 0.05) is 30.4 Å². The maximum Gasteiger partial charge on any atom is 0.251 e. The Labute approximate surface area is 126 Å². The third-order valence-electron chi connectivity index (χ3n) is 2.73. The van der Waals surface area contributed by atoms with Crippen LogP contribution < -0.4 is 10.5 Å². The number of benzene rings is 1. The Morgan fingerprint density at radius 1 is 1.43 bits per heavy atom. The van der Waals surface area contributed by atoms with Crippen molar-refractivity contribution in [1.82, 2.24) is 15.3 Å². The Morgan fingerprint density at radius 2 is 2.19 bits per heavy atom. The van der Waals surface area contributed by atoms with Crippen molar-refractivity contribution in [1.29, 1.82) is 0 Å². The Morgan fingerprint density at radius 3 is 2.81 bits per heavy atom. The van der Waals surface area contributed by atoms with Crippen molar-refractivity contribution in [2.24, 2.45) is 5.14 Å². The number of amides is 1. The van der Waals surface area contributed by atoms with E-state index in [4.69, 9.17) is 16.7 Å². The van der Waals surface area contributed by atoms with Crippen LogP contribution >= 0.6 is 11.6 Å². The van der Waals surface area contributed by atoms with E-state index in [9.17, 15) is 13.2 Å². The quantitative estimate of drug-likeness (QED) is 0.748. The van der Waals surface area contributed by atoms with E-state index in [0.29, 0.717) is 13.0 Å². The zero-order valence-electron chi connectivity index (χ0n) is 10.8. The van der Waals surface area contributed by atoms with Crippen molar-refractivity contribution in [2.45, 2.75) is 11.3 Å². The summed E-state index contributed by atoms with van der Waals surface area (Å²) in [6, 6.07) is 3.91. The third-order valence-corrected chi connectivity index (χ3v) is 4.13. The first-order chi connectivity index (χ1) is 9.88. The Balaban J connectivity index is 2.06. The van der Waals surface area contributed by atoms with E-state index < -0.39 is 15.9 Å². The molecule has 1 aromatic carbocycles. The second-order valence-electron chi connectivity index (χ2n) is 4.27. The van der Waals surface area contributed by atoms with Gasteiger partial charge in [-0.05, 0) is 18.2 Å². The summed E-state index contributed by atoms with van der Waals surface area (Å²) < 4.78 is 22.7. The van der Waals surface area contributed by atoms with Gasteiger partial charge in [-0.15, -0.1) is 0 Å². The Bertz CT molecular complexity index is 744. The highest BCUT2D eigenvalue weighted by Crippen LogP contribution is 2.21. The van der Waals surface area contributed by atoms with Crippen molar-refractivity contribution >= 4 is 27.5 Å². The van der Waals surface area contributed by atoms with Gasteiger partial charge in [0.05, 0.1) is 11.3 Å². The third kappa shape index (κ3) is 4.03. The minimum atomic E-state index is -3.97. The minimum Gasteiger partial charge on any atom is -0.352 e. The minimum absolute atomic E-state index is 0.0218. The molecule has 1 aromatic heterocycles. The van der Waals surface area contributed by atoms with Crippen LogP contribution in [0.5, 0.6) is 0 Å². The number of carbonyl (C=O) groups is 1. The molecule has 0 aliphatic rings. The number of halogens is 1. The van der Waals surface area contributed by atoms with Crippen LogP contribution in [0.1, 0.15) is 16.1 Å². The average Bonchev–Trinajstić information content (AvgIpc) is 2.91. The van der Waals surface area contributed by atoms with Crippen molar-refractivity contribution in [2.75, 3.05) is 6.54 Å². The highest BCUT2D eigenvalue weighted by molar-refractivity contribution is 7.89. The largest absolute Gasteiger partial charge is 0.352 e. The summed E-state index contributed by atoms with van der Waals surface area (Å²) in [6.07, 6.45) is 3.80. The monoisotopic (exact) mass is 328 g/mol. The molecule has 0 saturated heterocycles. The molecule has 0 atom stereocenters. The zero-order valence-corrected chi connectivity index (χ0v) is 12.4. The molecule has 2 aromatic rings. The molecule has 1 amide bonds. The number of aromatic nitrogens is 2. The molecule has 21 heavy (non-hydrogen) atoms. The predicted molar refractivity (Wildman–Crippen MR) is 77.5 cm³/mol. The molecule has 2 rings (SSSR count). The molecule has 0 spiro atoms. The Kier molecular flexibility index (Phi) is 4.61. The number of primary sulfonamides is 1. The molecule has 0 unspecified atom stereocenters. The molecule has 0 aliphatic carbocycles. The summed E-state index contributed by atoms with van der Waals surface area (Å²) in [4.78, 5) is 18.4. The van der Waals surface area contributed by atoms with Gasteiger partial charge in [-0.25, -0.2) is 18.5 Å². The first-order valence-electron chi connectivity index (χ1n) is 5.96. The zero-order chi connectivity index (χ0) is 15.5. The van der Waals surface area contributed by atoms with Gasteiger partial charge in [0.15, 0.2) is 0 Å². The molecular weight excluding hydrogens is 316 g/mol. The predicted octanol–water partition coefficient (Wildman–Crippen LogP) is 0.683. The van der Waals surface area contributed by atoms with Gasteiger partial charge in [0.1, 0.15) is 4.90 Å². The number of nitrogens with zero attached hydrogens (tertiary/aromatic N) is 1. The maximum atomic E-state index is 11.9. The number of nitrogens with two attached hydrogens (primary N) is 1. The second kappa shape index (κ2) is 6.25. The van der Waals surface area contributed by atoms with E-state index in [1.54, 1.807) is 12.5 Å². The van der Waals surface area contributed by atoms with Crippen LogP contribution in [0.4, 0.5) is 0 Å². The van der Waals surface area contributed by atoms with Gasteiger partial charge in [-0.2, -0.15) is 0 Å². The molecule has 0 fully saturated rings. The van der Waals surface area contributed by atoms with Crippen molar-refractivity contribution < 1.29 is 13.2 Å². The molecule has 0 saturated carbocycles. The number of aromatic amines is 1. The molecule has 0 aliphatic heterocycles. The van der Waals surface area contributed by atoms with E-state index in [-0.39, 0.29) is 15.5 Å². The van der Waals surface area contributed by atoms with Gasteiger partial charge < -0.3 is 10.3 Å². The normalized spacial score (nSPS) is 11.3. The fourth-order valence-corrected chi connectivity index (χ4v) is 2.77. The summed E-state index contributed by atoms with van der Waals surface area (Å²) in [7, 11) is -3.97. The number of sulfonamides is 1. The fraction of sp³-hybridized carbons (Fsp3) is 0.167. The standard InChI is InChI=1S/C12H13ClN4O3S/c13-10-2-1-8(5-11(10)21(14,19)20)12(18)16-4-3-9-6-15-7-17-9/h1-2,5-7H,3-4H2,(H,15,17)(H,16,18)(H2,14,19,20). The van der Waals surface area contributed by atoms with E-state index >= 15 is 0 Å². The topological polar surface area (TPSA) is 118 Å².